The molecule has 1 unspecified atom stereocenters. The van der Waals surface area contributed by atoms with Crippen LogP contribution in [0.4, 0.5) is 5.69 Å². The summed E-state index contributed by atoms with van der Waals surface area (Å²) >= 11 is 0. The summed E-state index contributed by atoms with van der Waals surface area (Å²) in [4.78, 5) is 31.5. The highest BCUT2D eigenvalue weighted by molar-refractivity contribution is 6.22. The van der Waals surface area contributed by atoms with E-state index >= 15 is 0 Å². The fraction of sp³-hybridized carbons (Fsp3) is 0.391. The van der Waals surface area contributed by atoms with Crippen LogP contribution in [0.2, 0.25) is 0 Å². The van der Waals surface area contributed by atoms with Crippen molar-refractivity contribution in [2.45, 2.75) is 32.4 Å². The molecule has 0 N–H and O–H groups in total. The van der Waals surface area contributed by atoms with Crippen molar-refractivity contribution >= 4 is 17.5 Å². The standard InChI is InChI=1S/C23H27N3O2/c1-2-18-8-10-20(11-9-18)26-22(27)16-21(23(26)28)25-14-12-24(13-15-25)17-19-6-4-3-5-7-19/h3-11,21H,2,12-17H2,1H3. The van der Waals surface area contributed by atoms with Crippen molar-refractivity contribution in [2.24, 2.45) is 0 Å². The first kappa shape index (κ1) is 18.8. The molecule has 2 aliphatic heterocycles. The molecule has 2 saturated heterocycles. The number of piperazine rings is 1. The molecular formula is C23H27N3O2. The lowest BCUT2D eigenvalue weighted by Gasteiger charge is -2.37. The van der Waals surface area contributed by atoms with Crippen LogP contribution in [0.15, 0.2) is 54.6 Å². The molecule has 146 valence electrons. The number of benzene rings is 2. The molecule has 2 amide bonds. The van der Waals surface area contributed by atoms with Gasteiger partial charge in [-0.25, -0.2) is 4.90 Å². The average Bonchev–Trinajstić information content (AvgIpc) is 3.03. The lowest BCUT2D eigenvalue weighted by molar-refractivity contribution is -0.123. The summed E-state index contributed by atoms with van der Waals surface area (Å²) in [5, 5.41) is 0. The van der Waals surface area contributed by atoms with E-state index < -0.39 is 0 Å². The molecule has 2 fully saturated rings. The number of imide groups is 1. The van der Waals surface area contributed by atoms with Gasteiger partial charge in [-0.1, -0.05) is 49.4 Å². The maximum atomic E-state index is 13.0. The number of hydrogen-bond donors (Lipinski definition) is 0. The Morgan fingerprint density at radius 2 is 1.54 bits per heavy atom. The van der Waals surface area contributed by atoms with Crippen LogP contribution in [-0.2, 0) is 22.6 Å². The molecular weight excluding hydrogens is 350 g/mol. The highest BCUT2D eigenvalue weighted by atomic mass is 16.2. The number of aryl methyl sites for hydroxylation is 1. The van der Waals surface area contributed by atoms with Crippen LogP contribution < -0.4 is 4.90 Å². The van der Waals surface area contributed by atoms with Gasteiger partial charge in [0.1, 0.15) is 0 Å². The van der Waals surface area contributed by atoms with Crippen molar-refractivity contribution in [3.05, 3.63) is 65.7 Å². The van der Waals surface area contributed by atoms with Gasteiger partial charge < -0.3 is 0 Å². The Morgan fingerprint density at radius 1 is 0.857 bits per heavy atom. The molecule has 2 aromatic rings. The topological polar surface area (TPSA) is 43.9 Å². The minimum atomic E-state index is -0.322. The zero-order valence-corrected chi connectivity index (χ0v) is 16.4. The van der Waals surface area contributed by atoms with Gasteiger partial charge >= 0.3 is 0 Å². The first-order valence-electron chi connectivity index (χ1n) is 10.1. The van der Waals surface area contributed by atoms with Gasteiger partial charge in [-0.05, 0) is 29.7 Å². The van der Waals surface area contributed by atoms with E-state index in [1.54, 1.807) is 0 Å². The highest BCUT2D eigenvalue weighted by Gasteiger charge is 2.43. The van der Waals surface area contributed by atoms with E-state index in [0.717, 1.165) is 39.1 Å². The lowest BCUT2D eigenvalue weighted by Crippen LogP contribution is -2.52. The molecule has 5 heteroatoms. The van der Waals surface area contributed by atoms with Gasteiger partial charge in [-0.2, -0.15) is 0 Å². The first-order chi connectivity index (χ1) is 13.7. The lowest BCUT2D eigenvalue weighted by atomic mass is 10.1. The van der Waals surface area contributed by atoms with Crippen molar-refractivity contribution in [1.29, 1.82) is 0 Å². The van der Waals surface area contributed by atoms with Crippen LogP contribution in [-0.4, -0.2) is 53.8 Å². The van der Waals surface area contributed by atoms with Crippen LogP contribution >= 0.6 is 0 Å². The van der Waals surface area contributed by atoms with Gasteiger partial charge in [0.15, 0.2) is 0 Å². The molecule has 0 bridgehead atoms. The predicted molar refractivity (Wildman–Crippen MR) is 110 cm³/mol. The third-order valence-electron chi connectivity index (χ3n) is 5.82. The molecule has 28 heavy (non-hydrogen) atoms. The average molecular weight is 377 g/mol. The van der Waals surface area contributed by atoms with Gasteiger partial charge in [0.2, 0.25) is 5.91 Å². The first-order valence-corrected chi connectivity index (χ1v) is 10.1. The number of carbonyl (C=O) groups is 2. The second-order valence-corrected chi connectivity index (χ2v) is 7.61. The van der Waals surface area contributed by atoms with Gasteiger partial charge in [0.25, 0.3) is 5.91 Å². The maximum absolute atomic E-state index is 13.0. The second kappa shape index (κ2) is 8.25. The third-order valence-corrected chi connectivity index (χ3v) is 5.82. The molecule has 2 aliphatic rings. The molecule has 0 aromatic heterocycles. The SMILES string of the molecule is CCc1ccc(N2C(=O)CC(N3CCN(Cc4ccccc4)CC3)C2=O)cc1. The maximum Gasteiger partial charge on any atom is 0.251 e. The number of amides is 2. The van der Waals surface area contributed by atoms with Gasteiger partial charge in [0, 0.05) is 32.7 Å². The third kappa shape index (κ3) is 3.86. The Labute approximate surface area is 166 Å². The number of rotatable bonds is 5. The molecule has 4 rings (SSSR count). The zero-order valence-electron chi connectivity index (χ0n) is 16.4. The monoisotopic (exact) mass is 377 g/mol. The van der Waals surface area contributed by atoms with E-state index in [1.165, 1.54) is 16.0 Å². The highest BCUT2D eigenvalue weighted by Crippen LogP contribution is 2.27. The van der Waals surface area contributed by atoms with E-state index in [2.05, 4.69) is 41.0 Å². The van der Waals surface area contributed by atoms with E-state index in [1.807, 2.05) is 30.3 Å². The van der Waals surface area contributed by atoms with Gasteiger partial charge in [0.05, 0.1) is 18.2 Å². The summed E-state index contributed by atoms with van der Waals surface area (Å²) in [5.41, 5.74) is 3.20. The molecule has 2 aromatic carbocycles. The van der Waals surface area contributed by atoms with Gasteiger partial charge in [-0.3, -0.25) is 19.4 Å². The van der Waals surface area contributed by atoms with Crippen molar-refractivity contribution < 1.29 is 9.59 Å². The predicted octanol–water partition coefficient (Wildman–Crippen LogP) is 2.70. The fourth-order valence-corrected chi connectivity index (χ4v) is 4.13. The smallest absolute Gasteiger partial charge is 0.251 e. The quantitative estimate of drug-likeness (QED) is 0.752. The molecule has 1 atom stereocenters. The molecule has 0 spiro atoms. The molecule has 5 nitrogen and oxygen atoms in total. The molecule has 0 radical (unpaired) electrons. The number of anilines is 1. The van der Waals surface area contributed by atoms with Crippen molar-refractivity contribution in [3.63, 3.8) is 0 Å². The van der Waals surface area contributed by atoms with Crippen molar-refractivity contribution in [3.8, 4) is 0 Å². The Morgan fingerprint density at radius 3 is 2.18 bits per heavy atom. The Bertz CT molecular complexity index is 827. The van der Waals surface area contributed by atoms with Gasteiger partial charge in [-0.15, -0.1) is 0 Å². The summed E-state index contributed by atoms with van der Waals surface area (Å²) < 4.78 is 0. The number of hydrogen-bond acceptors (Lipinski definition) is 4. The van der Waals surface area contributed by atoms with E-state index in [0.29, 0.717) is 5.69 Å². The van der Waals surface area contributed by atoms with Crippen LogP contribution in [0.5, 0.6) is 0 Å². The minimum absolute atomic E-state index is 0.0780. The Kier molecular flexibility index (Phi) is 5.55. The van der Waals surface area contributed by atoms with Crippen LogP contribution in [0.3, 0.4) is 0 Å². The Hall–Kier alpha value is -2.50. The molecule has 0 aliphatic carbocycles. The Balaban J connectivity index is 1.37. The minimum Gasteiger partial charge on any atom is -0.297 e. The second-order valence-electron chi connectivity index (χ2n) is 7.61. The largest absolute Gasteiger partial charge is 0.297 e. The summed E-state index contributed by atoms with van der Waals surface area (Å²) in [6.45, 7) is 6.49. The summed E-state index contributed by atoms with van der Waals surface area (Å²) in [5.74, 6) is -0.170. The van der Waals surface area contributed by atoms with Crippen LogP contribution in [0.1, 0.15) is 24.5 Å². The summed E-state index contributed by atoms with van der Waals surface area (Å²) in [6, 6.07) is 17.9. The van der Waals surface area contributed by atoms with Crippen LogP contribution in [0, 0.1) is 0 Å². The van der Waals surface area contributed by atoms with Crippen LogP contribution in [0.25, 0.3) is 0 Å². The fourth-order valence-electron chi connectivity index (χ4n) is 4.13. The van der Waals surface area contributed by atoms with E-state index in [9.17, 15) is 9.59 Å². The normalized spacial score (nSPS) is 21.5. The van der Waals surface area contributed by atoms with Crippen molar-refractivity contribution in [1.82, 2.24) is 9.80 Å². The number of nitrogens with zero attached hydrogens (tertiary/aromatic N) is 3. The zero-order chi connectivity index (χ0) is 19.5. The summed E-state index contributed by atoms with van der Waals surface area (Å²) in [6.07, 6.45) is 1.23. The molecule has 2 heterocycles. The van der Waals surface area contributed by atoms with E-state index in [-0.39, 0.29) is 24.3 Å². The van der Waals surface area contributed by atoms with Crippen molar-refractivity contribution in [2.75, 3.05) is 31.1 Å². The number of carbonyl (C=O) groups excluding carboxylic acids is 2. The van der Waals surface area contributed by atoms with E-state index in [4.69, 9.17) is 0 Å². The summed E-state index contributed by atoms with van der Waals surface area (Å²) in [7, 11) is 0. The molecule has 0 saturated carbocycles.